The van der Waals surface area contributed by atoms with Gasteiger partial charge in [0, 0.05) is 12.8 Å². The van der Waals surface area contributed by atoms with Crippen molar-refractivity contribution in [2.45, 2.75) is 450 Å². The molecule has 0 saturated carbocycles. The molecule has 2 unspecified atom stereocenters. The lowest BCUT2D eigenvalue weighted by Crippen LogP contribution is -2.40. The Morgan fingerprint density at radius 1 is 0.319 bits per heavy atom. The molecule has 0 heterocycles. The number of ether oxygens (including phenoxy) is 4. The summed E-state index contributed by atoms with van der Waals surface area (Å²) in [5.74, 6) is -1.96. The first-order valence-electron chi connectivity index (χ1n) is 40.9. The number of carbonyl (C=O) groups excluding carboxylic acids is 2. The highest BCUT2D eigenvalue weighted by atomic mass is 16.7. The van der Waals surface area contributed by atoms with Gasteiger partial charge in [-0.25, -0.2) is 4.79 Å². The number of hydrogen-bond donors (Lipinski definition) is 1. The fourth-order valence-corrected chi connectivity index (χ4v) is 12.8. The van der Waals surface area contributed by atoms with Crippen LogP contribution in [-0.4, -0.2) is 87.4 Å². The Morgan fingerprint density at radius 2 is 0.560 bits per heavy atom. The monoisotopic (exact) mass is 1290 g/mol. The van der Waals surface area contributed by atoms with E-state index in [1.807, 2.05) is 21.1 Å². The lowest BCUT2D eigenvalue weighted by atomic mass is 10.0. The summed E-state index contributed by atoms with van der Waals surface area (Å²) in [5.41, 5.74) is 0. The van der Waals surface area contributed by atoms with Crippen molar-refractivity contribution in [1.29, 1.82) is 0 Å². The maximum absolute atomic E-state index is 13.0. The van der Waals surface area contributed by atoms with Crippen molar-refractivity contribution in [1.82, 2.24) is 0 Å². The summed E-state index contributed by atoms with van der Waals surface area (Å²) < 4.78 is 23.1. The minimum atomic E-state index is -1.51. The number of carboxylic acid groups (broad SMARTS) is 1. The summed E-state index contributed by atoms with van der Waals surface area (Å²) in [6, 6.07) is 0. The highest BCUT2D eigenvalue weighted by molar-refractivity contribution is 5.71. The second-order valence-corrected chi connectivity index (χ2v) is 29.4. The molecule has 0 amide bonds. The lowest BCUT2D eigenvalue weighted by molar-refractivity contribution is -0.870. The Balaban J connectivity index is 3.90. The molecule has 0 aromatic heterocycles. The summed E-state index contributed by atoms with van der Waals surface area (Å²) in [6.45, 7) is 4.97. The minimum Gasteiger partial charge on any atom is -0.477 e. The van der Waals surface area contributed by atoms with Crippen molar-refractivity contribution in [3.8, 4) is 0 Å². The molecule has 9 heteroatoms. The number of quaternary nitrogens is 1. The standard InChI is InChI=1S/C82H159NO8/c1-6-8-10-12-14-16-18-20-22-24-26-28-30-32-33-34-35-36-37-38-39-40-41-42-43-44-45-46-47-49-51-53-55-57-59-61-63-65-67-69-71-73-80(85)91-78(77-90-82(81(86)87)88-75-74-83(3,4)5)76-89-79(84)72-70-68-66-64-62-60-58-56-54-52-50-48-31-29-27-25-23-21-19-17-15-13-11-9-7-2/h24,26,78,82H,6-23,25,27-77H2,1-5H3/p+1/b26-24-. The quantitative estimate of drug-likeness (QED) is 0.0211. The molecular formula is C82H160NO8+. The van der Waals surface area contributed by atoms with E-state index >= 15 is 0 Å². The third-order valence-electron chi connectivity index (χ3n) is 19.0. The van der Waals surface area contributed by atoms with Crippen LogP contribution < -0.4 is 0 Å². The Morgan fingerprint density at radius 3 is 0.813 bits per heavy atom. The van der Waals surface area contributed by atoms with E-state index < -0.39 is 18.4 Å². The topological polar surface area (TPSA) is 108 Å². The molecule has 0 rings (SSSR count). The van der Waals surface area contributed by atoms with Crippen LogP contribution in [0.3, 0.4) is 0 Å². The van der Waals surface area contributed by atoms with Crippen molar-refractivity contribution in [2.24, 2.45) is 0 Å². The molecule has 1 N–H and O–H groups in total. The molecule has 0 aliphatic rings. The number of esters is 2. The third-order valence-corrected chi connectivity index (χ3v) is 19.0. The van der Waals surface area contributed by atoms with E-state index in [2.05, 4.69) is 26.0 Å². The highest BCUT2D eigenvalue weighted by Crippen LogP contribution is 2.21. The van der Waals surface area contributed by atoms with Gasteiger partial charge in [0.15, 0.2) is 6.10 Å². The van der Waals surface area contributed by atoms with Gasteiger partial charge in [-0.3, -0.25) is 9.59 Å². The first-order valence-corrected chi connectivity index (χ1v) is 40.9. The summed E-state index contributed by atoms with van der Waals surface area (Å²) in [6.07, 6.45) is 89.6. The molecule has 0 fully saturated rings. The molecule has 2 atom stereocenters. The van der Waals surface area contributed by atoms with E-state index in [1.165, 1.54) is 372 Å². The minimum absolute atomic E-state index is 0.172. The molecule has 0 aromatic rings. The molecule has 540 valence electrons. The van der Waals surface area contributed by atoms with E-state index in [0.717, 1.165) is 38.5 Å². The predicted molar refractivity (Wildman–Crippen MR) is 392 cm³/mol. The van der Waals surface area contributed by atoms with E-state index in [9.17, 15) is 19.5 Å². The molecule has 0 aliphatic carbocycles. The van der Waals surface area contributed by atoms with Crippen LogP contribution in [0.15, 0.2) is 12.2 Å². The van der Waals surface area contributed by atoms with Crippen molar-refractivity contribution >= 4 is 17.9 Å². The number of aliphatic carboxylic acids is 1. The van der Waals surface area contributed by atoms with E-state index in [0.29, 0.717) is 17.4 Å². The zero-order valence-corrected chi connectivity index (χ0v) is 62.1. The van der Waals surface area contributed by atoms with Crippen LogP contribution in [0.4, 0.5) is 0 Å². The SMILES string of the molecule is CCCCCCCCCC/C=C\CCCCCCCCCCCCCCCCCCCCCCCCCCCCCCCC(=O)OC(COC(=O)CCCCCCCCCCCCCCCCCCCCCCCCCCC)COC(OCC[N+](C)(C)C)C(=O)O. The smallest absolute Gasteiger partial charge is 0.361 e. The molecule has 0 bridgehead atoms. The van der Waals surface area contributed by atoms with Gasteiger partial charge < -0.3 is 28.5 Å². The maximum Gasteiger partial charge on any atom is 0.361 e. The molecular weight excluding hydrogens is 1130 g/mol. The van der Waals surface area contributed by atoms with E-state index in [1.54, 1.807) is 0 Å². The van der Waals surface area contributed by atoms with Gasteiger partial charge in [-0.1, -0.05) is 398 Å². The van der Waals surface area contributed by atoms with Crippen LogP contribution in [0.5, 0.6) is 0 Å². The summed E-state index contributed by atoms with van der Waals surface area (Å²) >= 11 is 0. The third kappa shape index (κ3) is 75.3. The van der Waals surface area contributed by atoms with Crippen LogP contribution in [-0.2, 0) is 33.3 Å². The first kappa shape index (κ1) is 89.0. The van der Waals surface area contributed by atoms with Gasteiger partial charge in [0.1, 0.15) is 13.2 Å². The van der Waals surface area contributed by atoms with Gasteiger partial charge in [0.05, 0.1) is 34.4 Å². The number of carboxylic acids is 1. The molecule has 0 saturated heterocycles. The average molecular weight is 1290 g/mol. The Hall–Kier alpha value is -1.97. The van der Waals surface area contributed by atoms with Crippen molar-refractivity contribution in [2.75, 3.05) is 47.5 Å². The number of unbranched alkanes of at least 4 members (excludes halogenated alkanes) is 61. The van der Waals surface area contributed by atoms with Crippen LogP contribution in [0.1, 0.15) is 438 Å². The molecule has 0 aromatic carbocycles. The van der Waals surface area contributed by atoms with Gasteiger partial charge in [-0.05, 0) is 38.5 Å². The Labute approximate surface area is 567 Å². The molecule has 0 aliphatic heterocycles. The largest absolute Gasteiger partial charge is 0.477 e. The lowest BCUT2D eigenvalue weighted by Gasteiger charge is -2.25. The van der Waals surface area contributed by atoms with Crippen LogP contribution in [0.2, 0.25) is 0 Å². The fourth-order valence-electron chi connectivity index (χ4n) is 12.8. The molecule has 0 radical (unpaired) electrons. The Kier molecular flexibility index (Phi) is 72.2. The summed E-state index contributed by atoms with van der Waals surface area (Å²) in [4.78, 5) is 37.7. The maximum atomic E-state index is 13.0. The average Bonchev–Trinajstić information content (AvgIpc) is 3.53. The van der Waals surface area contributed by atoms with Gasteiger partial charge in [0.2, 0.25) is 0 Å². The van der Waals surface area contributed by atoms with Gasteiger partial charge >= 0.3 is 17.9 Å². The number of nitrogens with zero attached hydrogens (tertiary/aromatic N) is 1. The second-order valence-electron chi connectivity index (χ2n) is 29.4. The zero-order chi connectivity index (χ0) is 66.1. The number of rotatable bonds is 78. The number of likely N-dealkylation sites (N-methyl/N-ethyl adjacent to an activating group) is 1. The molecule has 9 nitrogen and oxygen atoms in total. The summed E-state index contributed by atoms with van der Waals surface area (Å²) in [7, 11) is 6.00. The van der Waals surface area contributed by atoms with Crippen molar-refractivity contribution in [3.05, 3.63) is 12.2 Å². The van der Waals surface area contributed by atoms with E-state index in [4.69, 9.17) is 18.9 Å². The highest BCUT2D eigenvalue weighted by Gasteiger charge is 2.25. The van der Waals surface area contributed by atoms with Crippen molar-refractivity contribution < 1.29 is 42.9 Å². The van der Waals surface area contributed by atoms with Crippen molar-refractivity contribution in [3.63, 3.8) is 0 Å². The van der Waals surface area contributed by atoms with E-state index in [-0.39, 0.29) is 38.2 Å². The van der Waals surface area contributed by atoms with Crippen LogP contribution in [0, 0.1) is 0 Å². The fraction of sp³-hybridized carbons (Fsp3) is 0.939. The molecule has 91 heavy (non-hydrogen) atoms. The van der Waals surface area contributed by atoms with Gasteiger partial charge in [0.25, 0.3) is 6.29 Å². The van der Waals surface area contributed by atoms with Crippen LogP contribution in [0.25, 0.3) is 0 Å². The predicted octanol–water partition coefficient (Wildman–Crippen LogP) is 25.9. The first-order chi connectivity index (χ1) is 44.6. The Bertz CT molecular complexity index is 1500. The number of carbonyl (C=O) groups is 3. The summed E-state index contributed by atoms with van der Waals surface area (Å²) in [5, 5.41) is 9.77. The zero-order valence-electron chi connectivity index (χ0n) is 62.1. The normalized spacial score (nSPS) is 12.6. The number of hydrogen-bond acceptors (Lipinski definition) is 7. The number of allylic oxidation sites excluding steroid dienone is 2. The van der Waals surface area contributed by atoms with Crippen LogP contribution >= 0.6 is 0 Å². The van der Waals surface area contributed by atoms with Gasteiger partial charge in [-0.15, -0.1) is 0 Å². The molecule has 0 spiro atoms. The van der Waals surface area contributed by atoms with Gasteiger partial charge in [-0.2, -0.15) is 0 Å². The second kappa shape index (κ2) is 73.8.